The summed E-state index contributed by atoms with van der Waals surface area (Å²) in [5.74, 6) is 1.61. The van der Waals surface area contributed by atoms with Crippen LogP contribution in [0.3, 0.4) is 0 Å². The zero-order valence-corrected chi connectivity index (χ0v) is 14.4. The van der Waals surface area contributed by atoms with Gasteiger partial charge in [-0.2, -0.15) is 9.78 Å². The minimum Gasteiger partial charge on any atom is -0.497 e. The molecule has 2 aromatic carbocycles. The van der Waals surface area contributed by atoms with Gasteiger partial charge in [0.05, 0.1) is 13.3 Å². The molecule has 0 amide bonds. The van der Waals surface area contributed by atoms with E-state index in [1.165, 1.54) is 17.3 Å². The number of methoxy groups -OCH3 is 1. The van der Waals surface area contributed by atoms with Crippen molar-refractivity contribution in [2.24, 2.45) is 5.10 Å². The maximum Gasteiger partial charge on any atom is 0.211 e. The Bertz CT molecular complexity index is 830. The molecule has 0 bridgehead atoms. The Morgan fingerprint density at radius 1 is 1.12 bits per heavy atom. The number of hydrogen-bond acceptors (Lipinski definition) is 5. The van der Waals surface area contributed by atoms with Crippen LogP contribution in [0.4, 0.5) is 0 Å². The van der Waals surface area contributed by atoms with E-state index in [0.717, 1.165) is 22.3 Å². The molecular weight excluding hydrogens is 320 g/mol. The molecular formula is C18H18N4OS. The third-order valence-corrected chi connectivity index (χ3v) is 4.10. The highest BCUT2D eigenvalue weighted by Crippen LogP contribution is 2.17. The Labute approximate surface area is 145 Å². The number of benzene rings is 2. The van der Waals surface area contributed by atoms with Crippen LogP contribution in [-0.4, -0.2) is 34.5 Å². The smallest absolute Gasteiger partial charge is 0.211 e. The summed E-state index contributed by atoms with van der Waals surface area (Å²) in [5, 5.41) is 13.8. The largest absolute Gasteiger partial charge is 0.497 e. The maximum absolute atomic E-state index is 5.24. The summed E-state index contributed by atoms with van der Waals surface area (Å²) in [5.41, 5.74) is 2.14. The van der Waals surface area contributed by atoms with E-state index in [4.69, 9.17) is 4.74 Å². The van der Waals surface area contributed by atoms with Crippen molar-refractivity contribution in [3.05, 3.63) is 71.5 Å². The van der Waals surface area contributed by atoms with Crippen molar-refractivity contribution in [2.75, 3.05) is 13.4 Å². The van der Waals surface area contributed by atoms with E-state index in [-0.39, 0.29) is 0 Å². The number of ether oxygens (including phenoxy) is 1. The van der Waals surface area contributed by atoms with Crippen molar-refractivity contribution < 1.29 is 4.74 Å². The quantitative estimate of drug-likeness (QED) is 0.510. The maximum atomic E-state index is 5.24. The number of nitrogens with zero attached hydrogens (tertiary/aromatic N) is 4. The van der Waals surface area contributed by atoms with Crippen LogP contribution in [0.5, 0.6) is 5.75 Å². The first kappa shape index (κ1) is 16.3. The molecule has 122 valence electrons. The summed E-state index contributed by atoms with van der Waals surface area (Å²) in [6, 6.07) is 17.9. The summed E-state index contributed by atoms with van der Waals surface area (Å²) in [6.45, 7) is 0. The summed E-state index contributed by atoms with van der Waals surface area (Å²) in [4.78, 5) is 0. The average Bonchev–Trinajstić information content (AvgIpc) is 3.02. The van der Waals surface area contributed by atoms with E-state index in [1.807, 2.05) is 48.7 Å². The van der Waals surface area contributed by atoms with Gasteiger partial charge in [-0.25, -0.2) is 0 Å². The molecule has 0 fully saturated rings. The molecule has 0 unspecified atom stereocenters. The van der Waals surface area contributed by atoms with Gasteiger partial charge in [-0.05, 0) is 29.5 Å². The van der Waals surface area contributed by atoms with Crippen molar-refractivity contribution in [1.29, 1.82) is 0 Å². The van der Waals surface area contributed by atoms with Gasteiger partial charge in [0.1, 0.15) is 5.75 Å². The Morgan fingerprint density at radius 2 is 1.96 bits per heavy atom. The summed E-state index contributed by atoms with van der Waals surface area (Å²) in [7, 11) is 1.65. The minimum absolute atomic E-state index is 0.684. The van der Waals surface area contributed by atoms with E-state index in [0.29, 0.717) is 6.42 Å². The van der Waals surface area contributed by atoms with Crippen LogP contribution in [0.1, 0.15) is 17.0 Å². The standard InChI is InChI=1S/C18H18N4OS/c1-23-16-10-6-9-15(11-16)13-19-22-17(20-21-18(22)24-2)12-14-7-4-3-5-8-14/h3-11,13H,12H2,1-2H3/b19-13-. The first-order valence-corrected chi connectivity index (χ1v) is 8.73. The van der Waals surface area contributed by atoms with Crippen LogP contribution in [-0.2, 0) is 6.42 Å². The molecule has 0 aliphatic carbocycles. The van der Waals surface area contributed by atoms with Crippen LogP contribution in [0, 0.1) is 0 Å². The molecule has 0 aliphatic heterocycles. The highest BCUT2D eigenvalue weighted by molar-refractivity contribution is 7.98. The van der Waals surface area contributed by atoms with E-state index in [1.54, 1.807) is 18.0 Å². The summed E-state index contributed by atoms with van der Waals surface area (Å²) in [6.07, 6.45) is 4.44. The van der Waals surface area contributed by atoms with Crippen LogP contribution >= 0.6 is 11.8 Å². The van der Waals surface area contributed by atoms with Crippen molar-refractivity contribution in [1.82, 2.24) is 14.9 Å². The molecule has 24 heavy (non-hydrogen) atoms. The highest BCUT2D eigenvalue weighted by atomic mass is 32.2. The van der Waals surface area contributed by atoms with E-state index in [9.17, 15) is 0 Å². The Morgan fingerprint density at radius 3 is 2.71 bits per heavy atom. The lowest BCUT2D eigenvalue weighted by Gasteiger charge is -2.04. The van der Waals surface area contributed by atoms with E-state index in [2.05, 4.69) is 27.4 Å². The topological polar surface area (TPSA) is 52.3 Å². The second-order valence-corrected chi connectivity index (χ2v) is 5.87. The van der Waals surface area contributed by atoms with Crippen molar-refractivity contribution in [2.45, 2.75) is 11.6 Å². The molecule has 0 atom stereocenters. The molecule has 1 aromatic heterocycles. The predicted octanol–water partition coefficient (Wildman–Crippen LogP) is 3.48. The first-order chi connectivity index (χ1) is 11.8. The number of aromatic nitrogens is 3. The minimum atomic E-state index is 0.684. The fourth-order valence-electron chi connectivity index (χ4n) is 2.27. The molecule has 0 spiro atoms. The first-order valence-electron chi connectivity index (χ1n) is 7.51. The van der Waals surface area contributed by atoms with Crippen molar-refractivity contribution in [3.8, 4) is 5.75 Å². The van der Waals surface area contributed by atoms with Gasteiger partial charge in [-0.3, -0.25) is 0 Å². The van der Waals surface area contributed by atoms with Crippen LogP contribution in [0.15, 0.2) is 64.9 Å². The van der Waals surface area contributed by atoms with Gasteiger partial charge in [-0.1, -0.05) is 54.2 Å². The Kier molecular flexibility index (Phi) is 5.28. The third kappa shape index (κ3) is 3.83. The predicted molar refractivity (Wildman–Crippen MR) is 97.0 cm³/mol. The lowest BCUT2D eigenvalue weighted by atomic mass is 10.1. The third-order valence-electron chi connectivity index (χ3n) is 3.48. The van der Waals surface area contributed by atoms with Gasteiger partial charge in [0.25, 0.3) is 0 Å². The molecule has 6 heteroatoms. The summed E-state index contributed by atoms with van der Waals surface area (Å²) >= 11 is 1.52. The second kappa shape index (κ2) is 7.79. The lowest BCUT2D eigenvalue weighted by molar-refractivity contribution is 0.414. The van der Waals surface area contributed by atoms with Gasteiger partial charge in [0.15, 0.2) is 5.82 Å². The SMILES string of the molecule is COc1cccc(/C=N\n2c(Cc3ccccc3)nnc2SC)c1. The second-order valence-electron chi connectivity index (χ2n) is 5.10. The number of hydrogen-bond donors (Lipinski definition) is 0. The molecule has 0 radical (unpaired) electrons. The molecule has 3 aromatic rings. The van der Waals surface area contributed by atoms with Gasteiger partial charge < -0.3 is 4.74 Å². The molecule has 1 heterocycles. The van der Waals surface area contributed by atoms with Gasteiger partial charge in [-0.15, -0.1) is 10.2 Å². The van der Waals surface area contributed by atoms with Crippen LogP contribution in [0.25, 0.3) is 0 Å². The molecule has 3 rings (SSSR count). The van der Waals surface area contributed by atoms with E-state index >= 15 is 0 Å². The van der Waals surface area contributed by atoms with E-state index < -0.39 is 0 Å². The molecule has 5 nitrogen and oxygen atoms in total. The number of rotatable bonds is 6. The zero-order chi connectivity index (χ0) is 16.8. The van der Waals surface area contributed by atoms with Gasteiger partial charge >= 0.3 is 0 Å². The van der Waals surface area contributed by atoms with Gasteiger partial charge in [0, 0.05) is 6.42 Å². The molecule has 0 N–H and O–H groups in total. The molecule has 0 saturated heterocycles. The zero-order valence-electron chi connectivity index (χ0n) is 13.6. The van der Waals surface area contributed by atoms with Crippen molar-refractivity contribution >= 4 is 18.0 Å². The fraction of sp³-hybridized carbons (Fsp3) is 0.167. The normalized spacial score (nSPS) is 11.1. The van der Waals surface area contributed by atoms with Gasteiger partial charge in [0.2, 0.25) is 5.16 Å². The average molecular weight is 338 g/mol. The number of thioether (sulfide) groups is 1. The molecule has 0 aliphatic rings. The summed E-state index contributed by atoms with van der Waals surface area (Å²) < 4.78 is 7.03. The molecule has 0 saturated carbocycles. The highest BCUT2D eigenvalue weighted by Gasteiger charge is 2.11. The van der Waals surface area contributed by atoms with Crippen molar-refractivity contribution in [3.63, 3.8) is 0 Å². The fourth-order valence-corrected chi connectivity index (χ4v) is 2.72. The van der Waals surface area contributed by atoms with Crippen LogP contribution in [0.2, 0.25) is 0 Å². The monoisotopic (exact) mass is 338 g/mol. The Hall–Kier alpha value is -2.60. The Balaban J connectivity index is 1.88. The van der Waals surface area contributed by atoms with Crippen LogP contribution < -0.4 is 4.74 Å². The lowest BCUT2D eigenvalue weighted by Crippen LogP contribution is -2.01.